The van der Waals surface area contributed by atoms with Gasteiger partial charge >= 0.3 is 0 Å². The Morgan fingerprint density at radius 3 is 3.17 bits per heavy atom. The van der Waals surface area contributed by atoms with Crippen LogP contribution in [0.4, 0.5) is 0 Å². The van der Waals surface area contributed by atoms with E-state index in [2.05, 4.69) is 10.1 Å². The summed E-state index contributed by atoms with van der Waals surface area (Å²) in [5.74, 6) is 3.51. The Morgan fingerprint density at radius 2 is 2.44 bits per heavy atom. The van der Waals surface area contributed by atoms with E-state index < -0.39 is 0 Å². The van der Waals surface area contributed by atoms with E-state index in [0.29, 0.717) is 5.82 Å². The highest BCUT2D eigenvalue weighted by Gasteiger charge is 2.08. The maximum absolute atomic E-state index is 5.68. The number of nitrogens with two attached hydrogens (primary N) is 1. The van der Waals surface area contributed by atoms with Crippen molar-refractivity contribution in [3.63, 3.8) is 0 Å². The van der Waals surface area contributed by atoms with Crippen LogP contribution in [0.1, 0.15) is 19.2 Å². The van der Waals surface area contributed by atoms with E-state index >= 15 is 0 Å². The summed E-state index contributed by atoms with van der Waals surface area (Å²) >= 11 is 3.49. The van der Waals surface area contributed by atoms with Crippen molar-refractivity contribution < 1.29 is 4.52 Å². The first-order valence-corrected chi connectivity index (χ1v) is 7.99. The van der Waals surface area contributed by atoms with E-state index in [4.69, 9.17) is 10.3 Å². The summed E-state index contributed by atoms with van der Waals surface area (Å²) < 4.78 is 5.23. The summed E-state index contributed by atoms with van der Waals surface area (Å²) in [4.78, 5) is 5.44. The fraction of sp³-hybridized carbons (Fsp3) is 0.500. The predicted octanol–water partition coefficient (Wildman–Crippen LogP) is 2.81. The van der Waals surface area contributed by atoms with Gasteiger partial charge in [0.25, 0.3) is 0 Å². The maximum Gasteiger partial charge on any atom is 0.227 e. The average molecular weight is 283 g/mol. The predicted molar refractivity (Wildman–Crippen MR) is 76.9 cm³/mol. The smallest absolute Gasteiger partial charge is 0.227 e. The van der Waals surface area contributed by atoms with Crippen molar-refractivity contribution in [2.75, 3.05) is 11.5 Å². The normalized spacial score (nSPS) is 12.8. The number of hydrogen-bond acceptors (Lipinski definition) is 6. The monoisotopic (exact) mass is 283 g/mol. The van der Waals surface area contributed by atoms with Gasteiger partial charge in [0, 0.05) is 18.2 Å². The molecular formula is C12H17N3OS2. The molecule has 2 aromatic rings. The molecule has 0 saturated carbocycles. The molecule has 2 rings (SSSR count). The molecule has 1 atom stereocenters. The second-order valence-electron chi connectivity index (χ2n) is 4.14. The van der Waals surface area contributed by atoms with E-state index in [0.717, 1.165) is 35.1 Å². The average Bonchev–Trinajstić information content (AvgIpc) is 2.98. The number of nitrogens with zero attached hydrogens (tertiary/aromatic N) is 2. The zero-order chi connectivity index (χ0) is 12.8. The lowest BCUT2D eigenvalue weighted by molar-refractivity contribution is 0.378. The Hall–Kier alpha value is -0.850. The molecule has 4 nitrogen and oxygen atoms in total. The van der Waals surface area contributed by atoms with Crippen LogP contribution < -0.4 is 5.73 Å². The highest BCUT2D eigenvalue weighted by molar-refractivity contribution is 7.99. The summed E-state index contributed by atoms with van der Waals surface area (Å²) in [6.07, 6.45) is 1.88. The number of hydrogen-bond donors (Lipinski definition) is 1. The molecule has 0 aliphatic carbocycles. The molecule has 0 radical (unpaired) electrons. The molecule has 18 heavy (non-hydrogen) atoms. The van der Waals surface area contributed by atoms with Gasteiger partial charge in [-0.2, -0.15) is 16.7 Å². The second kappa shape index (κ2) is 6.92. The van der Waals surface area contributed by atoms with E-state index in [9.17, 15) is 0 Å². The third kappa shape index (κ3) is 4.12. The van der Waals surface area contributed by atoms with Gasteiger partial charge < -0.3 is 10.3 Å². The molecule has 0 amide bonds. The van der Waals surface area contributed by atoms with Crippen LogP contribution in [0, 0.1) is 0 Å². The van der Waals surface area contributed by atoms with Crippen LogP contribution in [-0.4, -0.2) is 27.7 Å². The van der Waals surface area contributed by atoms with Gasteiger partial charge in [0.1, 0.15) is 0 Å². The third-order valence-corrected chi connectivity index (χ3v) is 4.47. The van der Waals surface area contributed by atoms with Gasteiger partial charge in [0.2, 0.25) is 11.7 Å². The summed E-state index contributed by atoms with van der Waals surface area (Å²) in [6, 6.07) is 4.25. The molecule has 6 heteroatoms. The topological polar surface area (TPSA) is 64.9 Å². The van der Waals surface area contributed by atoms with Crippen molar-refractivity contribution in [2.45, 2.75) is 25.8 Å². The van der Waals surface area contributed by atoms with Crippen LogP contribution in [0.3, 0.4) is 0 Å². The molecule has 0 aliphatic heterocycles. The molecule has 0 aromatic carbocycles. The van der Waals surface area contributed by atoms with Crippen molar-refractivity contribution >= 4 is 23.1 Å². The summed E-state index contributed by atoms with van der Waals surface area (Å²) in [5.41, 5.74) is 5.68. The van der Waals surface area contributed by atoms with Gasteiger partial charge in [-0.05, 0) is 30.5 Å². The van der Waals surface area contributed by atoms with Crippen LogP contribution in [0.25, 0.3) is 10.7 Å². The standard InChI is InChI=1S/C12H17N3OS2/c1-9(13)8-17-6-3-5-11-14-12(15-16-11)10-4-2-7-18-10/h2,4,7,9H,3,5-6,8,13H2,1H3. The maximum atomic E-state index is 5.68. The Morgan fingerprint density at radius 1 is 1.56 bits per heavy atom. The lowest BCUT2D eigenvalue weighted by Crippen LogP contribution is -2.17. The first-order valence-electron chi connectivity index (χ1n) is 5.95. The van der Waals surface area contributed by atoms with Crippen molar-refractivity contribution in [2.24, 2.45) is 5.73 Å². The molecule has 0 aliphatic rings. The van der Waals surface area contributed by atoms with Crippen LogP contribution in [-0.2, 0) is 6.42 Å². The van der Waals surface area contributed by atoms with E-state index in [1.807, 2.05) is 36.2 Å². The molecule has 0 spiro atoms. The molecule has 98 valence electrons. The molecule has 0 bridgehead atoms. The highest BCUT2D eigenvalue weighted by Crippen LogP contribution is 2.21. The SMILES string of the molecule is CC(N)CSCCCc1nc(-c2cccs2)no1. The number of aromatic nitrogens is 2. The zero-order valence-corrected chi connectivity index (χ0v) is 12.0. The van der Waals surface area contributed by atoms with Gasteiger partial charge in [0.15, 0.2) is 0 Å². The van der Waals surface area contributed by atoms with Gasteiger partial charge in [-0.25, -0.2) is 0 Å². The van der Waals surface area contributed by atoms with Gasteiger partial charge in [-0.15, -0.1) is 11.3 Å². The van der Waals surface area contributed by atoms with Crippen molar-refractivity contribution in [1.29, 1.82) is 0 Å². The Bertz CT molecular complexity index is 454. The third-order valence-electron chi connectivity index (χ3n) is 2.27. The fourth-order valence-corrected chi connectivity index (χ4v) is 2.99. The lowest BCUT2D eigenvalue weighted by atomic mass is 10.3. The van der Waals surface area contributed by atoms with Crippen molar-refractivity contribution in [1.82, 2.24) is 10.1 Å². The molecule has 1 unspecified atom stereocenters. The molecular weight excluding hydrogens is 266 g/mol. The minimum atomic E-state index is 0.267. The lowest BCUT2D eigenvalue weighted by Gasteiger charge is -2.02. The summed E-state index contributed by atoms with van der Waals surface area (Å²) in [5, 5.41) is 5.99. The first kappa shape index (κ1) is 13.6. The van der Waals surface area contributed by atoms with E-state index in [1.165, 1.54) is 0 Å². The van der Waals surface area contributed by atoms with E-state index in [-0.39, 0.29) is 6.04 Å². The Kier molecular flexibility index (Phi) is 5.22. The second-order valence-corrected chi connectivity index (χ2v) is 6.24. The van der Waals surface area contributed by atoms with Gasteiger partial charge in [-0.1, -0.05) is 11.2 Å². The zero-order valence-electron chi connectivity index (χ0n) is 10.3. The van der Waals surface area contributed by atoms with Crippen molar-refractivity contribution in [3.05, 3.63) is 23.4 Å². The van der Waals surface area contributed by atoms with Crippen molar-refractivity contribution in [3.8, 4) is 10.7 Å². The van der Waals surface area contributed by atoms with E-state index in [1.54, 1.807) is 11.3 Å². The quantitative estimate of drug-likeness (QED) is 0.792. The molecule has 2 N–H and O–H groups in total. The van der Waals surface area contributed by atoms with Gasteiger partial charge in [-0.3, -0.25) is 0 Å². The summed E-state index contributed by atoms with van der Waals surface area (Å²) in [7, 11) is 0. The molecule has 2 heterocycles. The molecule has 0 fully saturated rings. The molecule has 2 aromatic heterocycles. The van der Waals surface area contributed by atoms with Crippen LogP contribution in [0.5, 0.6) is 0 Å². The van der Waals surface area contributed by atoms with Crippen LogP contribution >= 0.6 is 23.1 Å². The number of thioether (sulfide) groups is 1. The summed E-state index contributed by atoms with van der Waals surface area (Å²) in [6.45, 7) is 2.03. The number of thiophene rings is 1. The van der Waals surface area contributed by atoms with Crippen LogP contribution in [0.2, 0.25) is 0 Å². The highest BCUT2D eigenvalue weighted by atomic mass is 32.2. The largest absolute Gasteiger partial charge is 0.339 e. The Balaban J connectivity index is 1.74. The number of aryl methyl sites for hydroxylation is 1. The first-order chi connectivity index (χ1) is 8.75. The fourth-order valence-electron chi connectivity index (χ4n) is 1.46. The Labute approximate surface area is 115 Å². The molecule has 0 saturated heterocycles. The van der Waals surface area contributed by atoms with Crippen LogP contribution in [0.15, 0.2) is 22.0 Å². The van der Waals surface area contributed by atoms with Gasteiger partial charge in [0.05, 0.1) is 4.88 Å². The minimum absolute atomic E-state index is 0.267. The minimum Gasteiger partial charge on any atom is -0.339 e. The number of rotatable bonds is 7.